The first-order chi connectivity index (χ1) is 11.8. The van der Waals surface area contributed by atoms with Crippen molar-refractivity contribution in [3.05, 3.63) is 59.2 Å². The van der Waals surface area contributed by atoms with Crippen molar-refractivity contribution in [1.29, 1.82) is 5.26 Å². The van der Waals surface area contributed by atoms with E-state index in [9.17, 15) is 0 Å². The third kappa shape index (κ3) is 5.29. The molecule has 1 N–H and O–H groups in total. The largest absolute Gasteiger partial charge is 0.493 e. The lowest BCUT2D eigenvalue weighted by Gasteiger charge is -2.12. The first-order valence-electron chi connectivity index (χ1n) is 8.26. The molecule has 2 rings (SSSR count). The van der Waals surface area contributed by atoms with Gasteiger partial charge in [-0.25, -0.2) is 0 Å². The van der Waals surface area contributed by atoms with Crippen LogP contribution < -0.4 is 14.8 Å². The maximum Gasteiger partial charge on any atom is 0.161 e. The zero-order valence-electron chi connectivity index (χ0n) is 14.3. The molecule has 2 aromatic carbocycles. The highest BCUT2D eigenvalue weighted by molar-refractivity contribution is 5.43. The summed E-state index contributed by atoms with van der Waals surface area (Å²) in [7, 11) is 1.66. The van der Waals surface area contributed by atoms with Crippen molar-refractivity contribution >= 4 is 0 Å². The Morgan fingerprint density at radius 3 is 2.38 bits per heavy atom. The first kappa shape index (κ1) is 17.8. The van der Waals surface area contributed by atoms with Crippen LogP contribution in [0.3, 0.4) is 0 Å². The Morgan fingerprint density at radius 2 is 1.71 bits per heavy atom. The molecule has 0 unspecified atom stereocenters. The number of nitrogens with one attached hydrogen (secondary N) is 1. The van der Waals surface area contributed by atoms with Gasteiger partial charge in [-0.15, -0.1) is 0 Å². The second-order valence-electron chi connectivity index (χ2n) is 5.60. The van der Waals surface area contributed by atoms with Gasteiger partial charge >= 0.3 is 0 Å². The minimum atomic E-state index is 0.683. The number of benzene rings is 2. The van der Waals surface area contributed by atoms with Crippen LogP contribution in [0.5, 0.6) is 11.5 Å². The average Bonchev–Trinajstić information content (AvgIpc) is 2.63. The van der Waals surface area contributed by atoms with E-state index in [2.05, 4.69) is 24.4 Å². The van der Waals surface area contributed by atoms with Gasteiger partial charge < -0.3 is 14.8 Å². The molecule has 0 aromatic heterocycles. The molecule has 24 heavy (non-hydrogen) atoms. The third-order valence-corrected chi connectivity index (χ3v) is 3.72. The summed E-state index contributed by atoms with van der Waals surface area (Å²) in [5.41, 5.74) is 2.98. The van der Waals surface area contributed by atoms with E-state index < -0.39 is 0 Å². The van der Waals surface area contributed by atoms with E-state index >= 15 is 0 Å². The summed E-state index contributed by atoms with van der Waals surface area (Å²) in [6.07, 6.45) is 2.15. The number of rotatable bonds is 9. The van der Waals surface area contributed by atoms with E-state index in [1.54, 1.807) is 7.11 Å². The fourth-order valence-corrected chi connectivity index (χ4v) is 2.32. The molecule has 4 heteroatoms. The topological polar surface area (TPSA) is 54.3 Å². The summed E-state index contributed by atoms with van der Waals surface area (Å²) >= 11 is 0. The number of methoxy groups -OCH3 is 1. The van der Waals surface area contributed by atoms with E-state index in [1.165, 1.54) is 0 Å². The highest BCUT2D eigenvalue weighted by Crippen LogP contribution is 2.28. The van der Waals surface area contributed by atoms with Crippen LogP contribution in [0.4, 0.5) is 0 Å². The Bertz CT molecular complexity index is 675. The van der Waals surface area contributed by atoms with Gasteiger partial charge in [0.05, 0.1) is 25.3 Å². The van der Waals surface area contributed by atoms with Crippen molar-refractivity contribution in [1.82, 2.24) is 5.32 Å². The molecule has 4 nitrogen and oxygen atoms in total. The van der Waals surface area contributed by atoms with Crippen LogP contribution >= 0.6 is 0 Å². The zero-order valence-corrected chi connectivity index (χ0v) is 14.3. The molecule has 0 radical (unpaired) electrons. The van der Waals surface area contributed by atoms with Crippen LogP contribution in [0.2, 0.25) is 0 Å². The summed E-state index contributed by atoms with van der Waals surface area (Å²) in [6.45, 7) is 4.35. The predicted octanol–water partition coefficient (Wildman–Crippen LogP) is 4.04. The Kier molecular flexibility index (Phi) is 7.13. The molecule has 0 heterocycles. The van der Waals surface area contributed by atoms with Crippen molar-refractivity contribution in [2.24, 2.45) is 0 Å². The standard InChI is InChI=1S/C20H24N2O2/c1-3-4-11-24-19-10-9-18(12-20(19)23-2)15-22-14-17-7-5-16(13-21)6-8-17/h5-10,12,22H,3-4,11,14-15H2,1-2H3. The van der Waals surface area contributed by atoms with Crippen LogP contribution in [-0.2, 0) is 13.1 Å². The van der Waals surface area contributed by atoms with Crippen LogP contribution in [0, 0.1) is 11.3 Å². The molecule has 2 aromatic rings. The van der Waals surface area contributed by atoms with Gasteiger partial charge in [0.2, 0.25) is 0 Å². The lowest BCUT2D eigenvalue weighted by Crippen LogP contribution is -2.12. The molecule has 0 amide bonds. The number of hydrogen-bond donors (Lipinski definition) is 1. The van der Waals surface area contributed by atoms with Crippen molar-refractivity contribution in [2.75, 3.05) is 13.7 Å². The number of unbranched alkanes of at least 4 members (excludes halogenated alkanes) is 1. The van der Waals surface area contributed by atoms with E-state index in [4.69, 9.17) is 14.7 Å². The van der Waals surface area contributed by atoms with Crippen LogP contribution in [-0.4, -0.2) is 13.7 Å². The first-order valence-corrected chi connectivity index (χ1v) is 8.26. The summed E-state index contributed by atoms with van der Waals surface area (Å²) < 4.78 is 11.2. The molecule has 0 saturated heterocycles. The molecular formula is C20H24N2O2. The molecule has 0 aliphatic rings. The molecule has 126 valence electrons. The van der Waals surface area contributed by atoms with Gasteiger partial charge in [0.1, 0.15) is 0 Å². The minimum absolute atomic E-state index is 0.683. The molecule has 0 bridgehead atoms. The van der Waals surface area contributed by atoms with E-state index in [-0.39, 0.29) is 0 Å². The highest BCUT2D eigenvalue weighted by atomic mass is 16.5. The molecule has 0 spiro atoms. The van der Waals surface area contributed by atoms with Gasteiger partial charge in [-0.2, -0.15) is 5.26 Å². The van der Waals surface area contributed by atoms with Crippen molar-refractivity contribution in [3.8, 4) is 17.6 Å². The number of ether oxygens (including phenoxy) is 2. The van der Waals surface area contributed by atoms with Crippen molar-refractivity contribution in [3.63, 3.8) is 0 Å². The van der Waals surface area contributed by atoms with Gasteiger partial charge in [-0.05, 0) is 41.8 Å². The Morgan fingerprint density at radius 1 is 1.00 bits per heavy atom. The maximum absolute atomic E-state index is 8.81. The van der Waals surface area contributed by atoms with E-state index in [0.717, 1.165) is 48.6 Å². The monoisotopic (exact) mass is 324 g/mol. The fraction of sp³-hybridized carbons (Fsp3) is 0.350. The molecule has 0 fully saturated rings. The lowest BCUT2D eigenvalue weighted by atomic mass is 10.1. The zero-order chi connectivity index (χ0) is 17.2. The van der Waals surface area contributed by atoms with E-state index in [1.807, 2.05) is 36.4 Å². The highest BCUT2D eigenvalue weighted by Gasteiger charge is 2.05. The molecule has 0 aliphatic heterocycles. The maximum atomic E-state index is 8.81. The summed E-state index contributed by atoms with van der Waals surface area (Å²) in [5, 5.41) is 12.2. The van der Waals surface area contributed by atoms with Crippen LogP contribution in [0.25, 0.3) is 0 Å². The Labute approximate surface area is 144 Å². The molecule has 0 aliphatic carbocycles. The number of nitrogens with zero attached hydrogens (tertiary/aromatic N) is 1. The fourth-order valence-electron chi connectivity index (χ4n) is 2.32. The lowest BCUT2D eigenvalue weighted by molar-refractivity contribution is 0.288. The molecule has 0 atom stereocenters. The normalized spacial score (nSPS) is 10.2. The average molecular weight is 324 g/mol. The smallest absolute Gasteiger partial charge is 0.161 e. The van der Waals surface area contributed by atoms with Gasteiger partial charge in [0.25, 0.3) is 0 Å². The Hall–Kier alpha value is -2.51. The summed E-state index contributed by atoms with van der Waals surface area (Å²) in [6, 6.07) is 15.8. The van der Waals surface area contributed by atoms with Crippen molar-refractivity contribution in [2.45, 2.75) is 32.9 Å². The quantitative estimate of drug-likeness (QED) is 0.707. The van der Waals surface area contributed by atoms with Gasteiger partial charge in [0, 0.05) is 13.1 Å². The SMILES string of the molecule is CCCCOc1ccc(CNCc2ccc(C#N)cc2)cc1OC. The number of nitriles is 1. The summed E-state index contributed by atoms with van der Waals surface area (Å²) in [4.78, 5) is 0. The van der Waals surface area contributed by atoms with Crippen molar-refractivity contribution < 1.29 is 9.47 Å². The molecule has 0 saturated carbocycles. The number of hydrogen-bond acceptors (Lipinski definition) is 4. The second-order valence-corrected chi connectivity index (χ2v) is 5.60. The summed E-state index contributed by atoms with van der Waals surface area (Å²) in [5.74, 6) is 1.56. The van der Waals surface area contributed by atoms with Gasteiger partial charge in [-0.1, -0.05) is 31.5 Å². The van der Waals surface area contributed by atoms with Crippen LogP contribution in [0.1, 0.15) is 36.5 Å². The van der Waals surface area contributed by atoms with Crippen LogP contribution in [0.15, 0.2) is 42.5 Å². The third-order valence-electron chi connectivity index (χ3n) is 3.72. The van der Waals surface area contributed by atoms with Gasteiger partial charge in [0.15, 0.2) is 11.5 Å². The van der Waals surface area contributed by atoms with E-state index in [0.29, 0.717) is 12.2 Å². The predicted molar refractivity (Wildman–Crippen MR) is 95.1 cm³/mol. The Balaban J connectivity index is 1.88. The van der Waals surface area contributed by atoms with Gasteiger partial charge in [-0.3, -0.25) is 0 Å². The second kappa shape index (κ2) is 9.59. The molecular weight excluding hydrogens is 300 g/mol. The minimum Gasteiger partial charge on any atom is -0.493 e.